The number of benzene rings is 2. The number of aromatic nitrogens is 4. The Morgan fingerprint density at radius 3 is 1.80 bits per heavy atom. The van der Waals surface area contributed by atoms with Crippen molar-refractivity contribution < 1.29 is 9.53 Å². The van der Waals surface area contributed by atoms with Crippen LogP contribution in [0.2, 0.25) is 0 Å². The van der Waals surface area contributed by atoms with Gasteiger partial charge < -0.3 is 25.2 Å². The van der Waals surface area contributed by atoms with Crippen LogP contribution in [0.25, 0.3) is 22.3 Å². The van der Waals surface area contributed by atoms with Crippen LogP contribution in [0.3, 0.4) is 0 Å². The third kappa shape index (κ3) is 7.33. The smallest absolute Gasteiger partial charge is 0.255 e. The number of likely N-dealkylation sites (tertiary alicyclic amines) is 5. The molecule has 0 unspecified atom stereocenters. The number of para-hydroxylation sites is 1. The number of fused-ring (bicyclic) bond motifs is 1. The second kappa shape index (κ2) is 15.9. The lowest BCUT2D eigenvalue weighted by molar-refractivity contribution is -0.153. The van der Waals surface area contributed by atoms with Crippen LogP contribution in [0.4, 0.5) is 5.82 Å². The molecule has 2 N–H and O–H groups in total. The summed E-state index contributed by atoms with van der Waals surface area (Å²) >= 11 is 0. The van der Waals surface area contributed by atoms with Gasteiger partial charge in [0.25, 0.3) is 5.91 Å². The Morgan fingerprint density at radius 2 is 1.22 bits per heavy atom. The highest BCUT2D eigenvalue weighted by molar-refractivity contribution is 5.98. The van der Waals surface area contributed by atoms with E-state index in [0.29, 0.717) is 36.6 Å². The van der Waals surface area contributed by atoms with Gasteiger partial charge in [0.1, 0.15) is 35.5 Å². The van der Waals surface area contributed by atoms with Gasteiger partial charge in [-0.05, 0) is 114 Å². The fourth-order valence-electron chi connectivity index (χ4n) is 9.81. The summed E-state index contributed by atoms with van der Waals surface area (Å²) in [6.45, 7) is 10.1. The van der Waals surface area contributed by atoms with E-state index >= 15 is 0 Å². The Hall–Kier alpha value is -4.10. The molecule has 5 saturated heterocycles. The number of nitrogen functional groups attached to an aromatic ring is 1. The SMILES string of the molecule is Nc1ncnc2c1c(-c1ccc(Oc3ccccc3)cc1)nn2C1CN(C(=O)C(N2CCC(N3CCCCC3)CC2)N2CCC(N3CCCCC3)CC2)C1. The molecule has 2 aromatic heterocycles. The van der Waals surface area contributed by atoms with Crippen LogP contribution in [0, 0.1) is 0 Å². The average molecular weight is 733 g/mol. The van der Waals surface area contributed by atoms with Crippen LogP contribution >= 0.6 is 0 Å². The molecular formula is C42H56N10O2. The summed E-state index contributed by atoms with van der Waals surface area (Å²) in [6.07, 6.45) is 13.9. The fourth-order valence-corrected chi connectivity index (χ4v) is 9.81. The van der Waals surface area contributed by atoms with Crippen LogP contribution < -0.4 is 10.5 Å². The molecule has 9 rings (SSSR count). The first-order valence-corrected chi connectivity index (χ1v) is 20.7. The number of piperidine rings is 4. The predicted molar refractivity (Wildman–Crippen MR) is 211 cm³/mol. The van der Waals surface area contributed by atoms with Crippen molar-refractivity contribution in [3.05, 3.63) is 60.9 Å². The zero-order valence-electron chi connectivity index (χ0n) is 31.6. The molecule has 0 spiro atoms. The van der Waals surface area contributed by atoms with Crippen molar-refractivity contribution in [2.24, 2.45) is 0 Å². The van der Waals surface area contributed by atoms with Crippen LogP contribution in [0.1, 0.15) is 70.3 Å². The summed E-state index contributed by atoms with van der Waals surface area (Å²) in [5.41, 5.74) is 8.84. The van der Waals surface area contributed by atoms with Crippen molar-refractivity contribution in [3.8, 4) is 22.8 Å². The van der Waals surface area contributed by atoms with E-state index in [1.807, 2.05) is 59.3 Å². The summed E-state index contributed by atoms with van der Waals surface area (Å²) in [5.74, 6) is 2.18. The van der Waals surface area contributed by atoms with E-state index in [4.69, 9.17) is 15.6 Å². The van der Waals surface area contributed by atoms with Crippen LogP contribution in [-0.2, 0) is 4.79 Å². The molecule has 5 fully saturated rings. The zero-order chi connectivity index (χ0) is 36.4. The maximum Gasteiger partial charge on any atom is 0.255 e. The molecular weight excluding hydrogens is 677 g/mol. The Labute approximate surface area is 319 Å². The normalized spacial score (nSPS) is 22.2. The van der Waals surface area contributed by atoms with Crippen molar-refractivity contribution in [2.75, 3.05) is 71.2 Å². The Bertz CT molecular complexity index is 1810. The number of hydrogen-bond donors (Lipinski definition) is 1. The minimum Gasteiger partial charge on any atom is -0.457 e. The lowest BCUT2D eigenvalue weighted by Gasteiger charge is -2.50. The molecule has 4 aromatic rings. The monoisotopic (exact) mass is 732 g/mol. The Morgan fingerprint density at radius 1 is 0.667 bits per heavy atom. The van der Waals surface area contributed by atoms with Crippen molar-refractivity contribution in [1.29, 1.82) is 0 Å². The highest BCUT2D eigenvalue weighted by Crippen LogP contribution is 2.36. The van der Waals surface area contributed by atoms with Gasteiger partial charge >= 0.3 is 0 Å². The second-order valence-electron chi connectivity index (χ2n) is 16.2. The van der Waals surface area contributed by atoms with E-state index in [1.54, 1.807) is 0 Å². The topological polar surface area (TPSA) is 112 Å². The number of anilines is 1. The molecule has 5 aliphatic rings. The van der Waals surface area contributed by atoms with Gasteiger partial charge in [-0.3, -0.25) is 14.6 Å². The van der Waals surface area contributed by atoms with Gasteiger partial charge in [-0.15, -0.1) is 0 Å². The summed E-state index contributed by atoms with van der Waals surface area (Å²) in [5, 5.41) is 5.85. The molecule has 1 amide bonds. The van der Waals surface area contributed by atoms with Crippen molar-refractivity contribution in [2.45, 2.75) is 88.5 Å². The number of amides is 1. The average Bonchev–Trinajstić information content (AvgIpc) is 3.59. The molecule has 0 bridgehead atoms. The first-order chi connectivity index (χ1) is 26.6. The van der Waals surface area contributed by atoms with Gasteiger partial charge in [-0.2, -0.15) is 5.10 Å². The number of nitrogens with two attached hydrogens (primary N) is 1. The van der Waals surface area contributed by atoms with Gasteiger partial charge in [-0.1, -0.05) is 31.0 Å². The van der Waals surface area contributed by atoms with E-state index in [0.717, 1.165) is 80.0 Å². The summed E-state index contributed by atoms with van der Waals surface area (Å²) in [4.78, 5) is 36.3. The number of carbonyl (C=O) groups is 1. The number of ether oxygens (including phenoxy) is 1. The minimum atomic E-state index is -0.199. The molecule has 12 heteroatoms. The third-order valence-electron chi connectivity index (χ3n) is 12.9. The van der Waals surface area contributed by atoms with E-state index in [-0.39, 0.29) is 18.1 Å². The van der Waals surface area contributed by atoms with Crippen LogP contribution in [0.15, 0.2) is 60.9 Å². The maximum absolute atomic E-state index is 14.7. The van der Waals surface area contributed by atoms with Crippen LogP contribution in [-0.4, -0.2) is 134 Å². The maximum atomic E-state index is 14.7. The summed E-state index contributed by atoms with van der Waals surface area (Å²) < 4.78 is 8.01. The van der Waals surface area contributed by atoms with Crippen molar-refractivity contribution >= 4 is 22.8 Å². The molecule has 0 saturated carbocycles. The number of nitrogens with zero attached hydrogens (tertiary/aromatic N) is 9. The summed E-state index contributed by atoms with van der Waals surface area (Å²) in [6, 6.07) is 19.0. The number of rotatable bonds is 9. The van der Waals surface area contributed by atoms with Gasteiger partial charge in [0.2, 0.25) is 0 Å². The molecule has 5 aliphatic heterocycles. The highest BCUT2D eigenvalue weighted by Gasteiger charge is 2.44. The van der Waals surface area contributed by atoms with Gasteiger partial charge in [0.15, 0.2) is 5.65 Å². The lowest BCUT2D eigenvalue weighted by atomic mass is 9.97. The third-order valence-corrected chi connectivity index (χ3v) is 12.9. The molecule has 0 atom stereocenters. The molecule has 12 nitrogen and oxygen atoms in total. The second-order valence-corrected chi connectivity index (χ2v) is 16.2. The summed E-state index contributed by atoms with van der Waals surface area (Å²) in [7, 11) is 0. The Balaban J connectivity index is 0.908. The predicted octanol–water partition coefficient (Wildman–Crippen LogP) is 5.48. The molecule has 7 heterocycles. The van der Waals surface area contributed by atoms with E-state index in [2.05, 4.69) is 34.5 Å². The largest absolute Gasteiger partial charge is 0.457 e. The Kier molecular flexibility index (Phi) is 10.5. The standard InChI is InChI=1S/C42H56N10O2/c43-39-37-38(31-12-14-36(15-13-31)54-35-10-4-1-5-11-35)46-52(40(37)45-30-44-39)34-28-51(29-34)42(53)41(49-24-16-32(17-25-49)47-20-6-2-7-21-47)50-26-18-33(19-27-50)48-22-8-3-9-23-48/h1,4-5,10-15,30,32-34,41H,2-3,6-9,16-29H2,(H2,43,44,45). The van der Waals surface area contributed by atoms with Crippen LogP contribution in [0.5, 0.6) is 11.5 Å². The van der Waals surface area contributed by atoms with Gasteiger partial charge in [-0.25, -0.2) is 14.6 Å². The molecule has 0 aliphatic carbocycles. The van der Waals surface area contributed by atoms with E-state index in [9.17, 15) is 4.79 Å². The van der Waals surface area contributed by atoms with Crippen molar-refractivity contribution in [3.63, 3.8) is 0 Å². The van der Waals surface area contributed by atoms with Crippen molar-refractivity contribution in [1.82, 2.24) is 44.2 Å². The number of carbonyl (C=O) groups excluding carboxylic acids is 1. The lowest BCUT2D eigenvalue weighted by Crippen LogP contribution is -2.65. The molecule has 54 heavy (non-hydrogen) atoms. The fraction of sp³-hybridized carbons (Fsp3) is 0.571. The molecule has 2 aromatic carbocycles. The zero-order valence-corrected chi connectivity index (χ0v) is 31.6. The minimum absolute atomic E-state index is 0.00973. The van der Waals surface area contributed by atoms with E-state index < -0.39 is 0 Å². The first kappa shape index (κ1) is 35.6. The molecule has 286 valence electrons. The number of hydrogen-bond acceptors (Lipinski definition) is 10. The first-order valence-electron chi connectivity index (χ1n) is 20.7. The quantitative estimate of drug-likeness (QED) is 0.238. The molecule has 0 radical (unpaired) electrons. The van der Waals surface area contributed by atoms with E-state index in [1.165, 1.54) is 71.0 Å². The van der Waals surface area contributed by atoms with Gasteiger partial charge in [0.05, 0.1) is 11.4 Å². The van der Waals surface area contributed by atoms with Gasteiger partial charge in [0, 0.05) is 56.9 Å². The highest BCUT2D eigenvalue weighted by atomic mass is 16.5.